The van der Waals surface area contributed by atoms with Gasteiger partial charge in [-0.2, -0.15) is 0 Å². The number of rotatable bonds is 7. The van der Waals surface area contributed by atoms with Crippen molar-refractivity contribution < 1.29 is 34.7 Å². The second-order valence-electron chi connectivity index (χ2n) is 11.6. The summed E-state index contributed by atoms with van der Waals surface area (Å²) in [5.74, 6) is 2.24. The molecule has 1 aliphatic rings. The number of allylic oxidation sites excluding steroid dienone is 2. The van der Waals surface area contributed by atoms with Crippen molar-refractivity contribution >= 4 is 27.5 Å². The topological polar surface area (TPSA) is 59.4 Å². The van der Waals surface area contributed by atoms with Crippen molar-refractivity contribution in [3.05, 3.63) is 78.1 Å². The van der Waals surface area contributed by atoms with Gasteiger partial charge in [0.25, 0.3) is 0 Å². The van der Waals surface area contributed by atoms with Gasteiger partial charge in [-0.25, -0.2) is 0 Å². The Kier molecular flexibility index (Phi) is 10.9. The summed E-state index contributed by atoms with van der Waals surface area (Å²) in [6.07, 6.45) is 4.91. The van der Waals surface area contributed by atoms with Crippen LogP contribution in [0.25, 0.3) is 32.9 Å². The van der Waals surface area contributed by atoms with Gasteiger partial charge in [0.15, 0.2) is 5.78 Å². The molecule has 4 nitrogen and oxygen atoms in total. The zero-order chi connectivity index (χ0) is 29.0. The molecule has 0 fully saturated rings. The molecule has 0 spiro atoms. The predicted octanol–water partition coefficient (Wildman–Crippen LogP) is 10.1. The van der Waals surface area contributed by atoms with Crippen molar-refractivity contribution in [2.24, 2.45) is 11.8 Å². The number of pyridine rings is 1. The zero-order valence-electron chi connectivity index (χ0n) is 25.3. The Labute approximate surface area is 258 Å². The minimum atomic E-state index is 0. The summed E-state index contributed by atoms with van der Waals surface area (Å²) < 4.78 is 6.24. The van der Waals surface area contributed by atoms with Crippen LogP contribution in [0.2, 0.25) is 0 Å². The maximum absolute atomic E-state index is 11.7. The number of carbonyl (C=O) groups excluding carboxylic acids is 1. The van der Waals surface area contributed by atoms with E-state index in [1.54, 1.807) is 0 Å². The minimum absolute atomic E-state index is 0. The molecule has 0 atom stereocenters. The number of hydrogen-bond donors (Lipinski definition) is 1. The van der Waals surface area contributed by atoms with Gasteiger partial charge in [-0.05, 0) is 54.9 Å². The third-order valence-electron chi connectivity index (χ3n) is 7.97. The fourth-order valence-corrected chi connectivity index (χ4v) is 5.50. The van der Waals surface area contributed by atoms with Gasteiger partial charge < -0.3 is 9.84 Å². The van der Waals surface area contributed by atoms with E-state index in [9.17, 15) is 9.90 Å². The van der Waals surface area contributed by atoms with E-state index in [1.165, 1.54) is 11.6 Å². The first-order valence-corrected chi connectivity index (χ1v) is 14.6. The van der Waals surface area contributed by atoms with E-state index >= 15 is 0 Å². The molecule has 0 bridgehead atoms. The number of aliphatic hydroxyl groups excluding tert-OH is 1. The molecule has 1 aliphatic heterocycles. The molecular formula is C36H42IrNO3-. The fraction of sp³-hybridized carbons (Fsp3) is 0.389. The van der Waals surface area contributed by atoms with E-state index in [2.05, 4.69) is 63.2 Å². The van der Waals surface area contributed by atoms with Crippen LogP contribution in [0.15, 0.2) is 66.4 Å². The molecule has 4 aromatic rings. The number of aromatic nitrogens is 1. The van der Waals surface area contributed by atoms with Crippen molar-refractivity contribution in [2.45, 2.75) is 79.6 Å². The summed E-state index contributed by atoms with van der Waals surface area (Å²) in [6, 6.07) is 22.0. The van der Waals surface area contributed by atoms with Crippen LogP contribution in [0.5, 0.6) is 11.5 Å². The molecule has 1 N–H and O–H groups in total. The van der Waals surface area contributed by atoms with Crippen LogP contribution < -0.4 is 4.74 Å². The molecule has 0 amide bonds. The Morgan fingerprint density at radius 3 is 2.24 bits per heavy atom. The molecule has 219 valence electrons. The third-order valence-corrected chi connectivity index (χ3v) is 7.97. The molecule has 3 aromatic carbocycles. The van der Waals surface area contributed by atoms with Crippen molar-refractivity contribution in [3.8, 4) is 22.8 Å². The Morgan fingerprint density at radius 1 is 0.951 bits per heavy atom. The summed E-state index contributed by atoms with van der Waals surface area (Å²) in [6.45, 7) is 14.8. The number of ketones is 1. The summed E-state index contributed by atoms with van der Waals surface area (Å²) in [7, 11) is 0. The van der Waals surface area contributed by atoms with Crippen molar-refractivity contribution in [1.82, 2.24) is 4.98 Å². The summed E-state index contributed by atoms with van der Waals surface area (Å²) in [5.41, 5.74) is 4.23. The quantitative estimate of drug-likeness (QED) is 0.103. The molecule has 5 heteroatoms. The number of carbonyl (C=O) groups is 1. The van der Waals surface area contributed by atoms with Gasteiger partial charge in [-0.15, -0.1) is 23.8 Å². The van der Waals surface area contributed by atoms with Crippen LogP contribution >= 0.6 is 0 Å². The molecule has 2 heterocycles. The molecule has 0 unspecified atom stereocenters. The molecule has 41 heavy (non-hydrogen) atoms. The second kappa shape index (κ2) is 13.8. The van der Waals surface area contributed by atoms with E-state index in [1.807, 2.05) is 45.9 Å². The van der Waals surface area contributed by atoms with Crippen LogP contribution in [-0.4, -0.2) is 15.9 Å². The van der Waals surface area contributed by atoms with Crippen LogP contribution in [0.4, 0.5) is 0 Å². The summed E-state index contributed by atoms with van der Waals surface area (Å²) in [5, 5.41) is 13.2. The first-order valence-electron chi connectivity index (χ1n) is 14.6. The zero-order valence-corrected chi connectivity index (χ0v) is 27.7. The fourth-order valence-electron chi connectivity index (χ4n) is 5.50. The van der Waals surface area contributed by atoms with E-state index in [4.69, 9.17) is 9.72 Å². The Hall–Kier alpha value is -3.01. The Bertz CT molecular complexity index is 1540. The molecular weight excluding hydrogens is 687 g/mol. The maximum Gasteiger partial charge on any atom is 0.162 e. The van der Waals surface area contributed by atoms with Gasteiger partial charge in [0.1, 0.15) is 5.75 Å². The Balaban J connectivity index is 0.000000253. The van der Waals surface area contributed by atoms with Crippen LogP contribution in [0.1, 0.15) is 79.7 Å². The number of ether oxygens (including phenoxy) is 1. The summed E-state index contributed by atoms with van der Waals surface area (Å²) in [4.78, 5) is 16.7. The number of nitrogens with zero attached hydrogens (tertiary/aromatic N) is 1. The Morgan fingerprint density at radius 2 is 1.61 bits per heavy atom. The van der Waals surface area contributed by atoms with Crippen molar-refractivity contribution in [3.63, 3.8) is 0 Å². The van der Waals surface area contributed by atoms with E-state index in [0.29, 0.717) is 0 Å². The van der Waals surface area contributed by atoms with Crippen molar-refractivity contribution in [2.75, 3.05) is 0 Å². The van der Waals surface area contributed by atoms with Gasteiger partial charge >= 0.3 is 0 Å². The second-order valence-corrected chi connectivity index (χ2v) is 11.6. The van der Waals surface area contributed by atoms with Crippen LogP contribution in [-0.2, 0) is 30.3 Å². The average Bonchev–Trinajstić information content (AvgIpc) is 2.93. The first kappa shape index (κ1) is 32.5. The number of fused-ring (bicyclic) bond motifs is 3. The standard InChI is InChI=1S/C23H18NO.C13H24O2.Ir/c1-23(2,3)17-10-6-11-18-16(17)13-20-22(24-18)15-9-4-7-14-8-5-12-19(25-20)21(14)15;1-5-10(6-2)12(14)9-13(15)11(7-3)8-4;/h4-8,10-13H,1-3H3;9-11,14H,5-8H2,1-4H3;/q-1;;/b;12-9-;. The van der Waals surface area contributed by atoms with Crippen molar-refractivity contribution in [1.29, 1.82) is 0 Å². The summed E-state index contributed by atoms with van der Waals surface area (Å²) >= 11 is 0. The molecule has 0 saturated heterocycles. The monoisotopic (exact) mass is 729 g/mol. The number of benzene rings is 3. The number of aliphatic hydroxyl groups is 1. The SMILES string of the molecule is CC(C)(C)c1cccc2nc3c(cc12)Oc1cccc2cc[c-]c-3c12.CCC(CC)C(=O)/C=C(\O)C(CC)CC.[Ir]. The van der Waals surface area contributed by atoms with Gasteiger partial charge in [0.2, 0.25) is 0 Å². The smallest absolute Gasteiger partial charge is 0.162 e. The number of hydrogen-bond acceptors (Lipinski definition) is 4. The van der Waals surface area contributed by atoms with E-state index < -0.39 is 0 Å². The predicted molar refractivity (Wildman–Crippen MR) is 166 cm³/mol. The normalized spacial score (nSPS) is 12.5. The van der Waals surface area contributed by atoms with Crippen LogP contribution in [0, 0.1) is 17.9 Å². The van der Waals surface area contributed by atoms with E-state index in [-0.39, 0.29) is 48.9 Å². The van der Waals surface area contributed by atoms with E-state index in [0.717, 1.165) is 70.1 Å². The largest absolute Gasteiger partial charge is 0.512 e. The molecule has 1 radical (unpaired) electrons. The van der Waals surface area contributed by atoms with Crippen LogP contribution in [0.3, 0.4) is 0 Å². The molecule has 0 saturated carbocycles. The van der Waals surface area contributed by atoms with Gasteiger partial charge in [-0.1, -0.05) is 83.5 Å². The molecule has 1 aromatic heterocycles. The first-order chi connectivity index (χ1) is 19.1. The maximum atomic E-state index is 11.7. The van der Waals surface area contributed by atoms with Gasteiger partial charge in [0.05, 0.1) is 17.0 Å². The minimum Gasteiger partial charge on any atom is -0.512 e. The van der Waals surface area contributed by atoms with Gasteiger partial charge in [-0.3, -0.25) is 9.78 Å². The molecule has 0 aliphatic carbocycles. The average molecular weight is 729 g/mol. The third kappa shape index (κ3) is 6.90. The molecule has 5 rings (SSSR count). The van der Waals surface area contributed by atoms with Gasteiger partial charge in [0, 0.05) is 49.1 Å².